The summed E-state index contributed by atoms with van der Waals surface area (Å²) in [6, 6.07) is 0. The smallest absolute Gasteiger partial charge is 0.130 e. The third-order valence-electron chi connectivity index (χ3n) is 1.74. The van der Waals surface area contributed by atoms with Crippen LogP contribution in [0.1, 0.15) is 32.2 Å². The van der Waals surface area contributed by atoms with Gasteiger partial charge in [-0.2, -0.15) is 0 Å². The molecule has 0 aliphatic rings. The largest absolute Gasteiger partial charge is 0.383 e. The van der Waals surface area contributed by atoms with Gasteiger partial charge in [0.25, 0.3) is 0 Å². The summed E-state index contributed by atoms with van der Waals surface area (Å²) in [4.78, 5) is 8.26. The van der Waals surface area contributed by atoms with Crippen molar-refractivity contribution in [1.29, 1.82) is 0 Å². The van der Waals surface area contributed by atoms with Crippen LogP contribution in [0.2, 0.25) is 0 Å². The average molecular weight is 179 g/mol. The molecule has 0 aromatic carbocycles. The van der Waals surface area contributed by atoms with Gasteiger partial charge in [-0.15, -0.1) is 0 Å². The van der Waals surface area contributed by atoms with Crippen LogP contribution in [0.4, 0.5) is 5.82 Å². The van der Waals surface area contributed by atoms with E-state index in [2.05, 4.69) is 30.7 Å². The first-order chi connectivity index (χ1) is 5.88. The summed E-state index contributed by atoms with van der Waals surface area (Å²) in [6.07, 6.45) is 2.74. The third-order valence-corrected chi connectivity index (χ3v) is 1.74. The summed E-state index contributed by atoms with van der Waals surface area (Å²) in [5.41, 5.74) is 7.05. The van der Waals surface area contributed by atoms with Crippen LogP contribution in [0.3, 0.4) is 0 Å². The predicted octanol–water partition coefficient (Wildman–Crippen LogP) is 1.96. The van der Waals surface area contributed by atoms with Crippen molar-refractivity contribution in [2.75, 3.05) is 5.73 Å². The molecule has 0 unspecified atom stereocenters. The summed E-state index contributed by atoms with van der Waals surface area (Å²) < 4.78 is 0. The number of hydrogen-bond donors (Lipinski definition) is 1. The lowest BCUT2D eigenvalue weighted by Gasteiger charge is -2.18. The molecule has 1 aromatic rings. The number of rotatable bonds is 1. The Morgan fingerprint density at radius 1 is 1.38 bits per heavy atom. The first kappa shape index (κ1) is 9.96. The fraction of sp³-hybridized carbons (Fsp3) is 0.600. The van der Waals surface area contributed by atoms with Crippen molar-refractivity contribution < 1.29 is 0 Å². The Balaban J connectivity index is 2.90. The Kier molecular flexibility index (Phi) is 2.55. The highest BCUT2D eigenvalue weighted by Gasteiger charge is 2.13. The molecule has 0 fully saturated rings. The van der Waals surface area contributed by atoms with Crippen molar-refractivity contribution in [3.8, 4) is 0 Å². The van der Waals surface area contributed by atoms with Gasteiger partial charge in [-0.1, -0.05) is 20.8 Å². The molecular weight excluding hydrogens is 162 g/mol. The summed E-state index contributed by atoms with van der Waals surface area (Å²) in [7, 11) is 0. The summed E-state index contributed by atoms with van der Waals surface area (Å²) in [5, 5.41) is 0. The molecule has 0 aliphatic heterocycles. The highest BCUT2D eigenvalue weighted by atomic mass is 14.9. The van der Waals surface area contributed by atoms with E-state index in [1.807, 2.05) is 13.1 Å². The quantitative estimate of drug-likeness (QED) is 0.717. The van der Waals surface area contributed by atoms with Gasteiger partial charge in [0.15, 0.2) is 0 Å². The van der Waals surface area contributed by atoms with Crippen LogP contribution < -0.4 is 5.73 Å². The Hall–Kier alpha value is -1.12. The molecule has 0 bridgehead atoms. The molecule has 0 aliphatic carbocycles. The van der Waals surface area contributed by atoms with E-state index < -0.39 is 0 Å². The van der Waals surface area contributed by atoms with Gasteiger partial charge in [-0.25, -0.2) is 9.97 Å². The molecule has 0 amide bonds. The normalized spacial score (nSPS) is 11.7. The van der Waals surface area contributed by atoms with Crippen LogP contribution in [0.5, 0.6) is 0 Å². The maximum absolute atomic E-state index is 5.78. The number of aromatic nitrogens is 2. The van der Waals surface area contributed by atoms with Gasteiger partial charge in [0, 0.05) is 11.8 Å². The van der Waals surface area contributed by atoms with E-state index in [1.165, 1.54) is 0 Å². The van der Waals surface area contributed by atoms with Gasteiger partial charge in [0.2, 0.25) is 0 Å². The maximum atomic E-state index is 5.78. The molecule has 1 rings (SSSR count). The topological polar surface area (TPSA) is 51.8 Å². The highest BCUT2D eigenvalue weighted by Crippen LogP contribution is 2.22. The van der Waals surface area contributed by atoms with E-state index in [9.17, 15) is 0 Å². The van der Waals surface area contributed by atoms with Gasteiger partial charge < -0.3 is 5.73 Å². The lowest BCUT2D eigenvalue weighted by atomic mass is 9.89. The van der Waals surface area contributed by atoms with Crippen molar-refractivity contribution in [3.05, 3.63) is 17.6 Å². The maximum Gasteiger partial charge on any atom is 0.130 e. The van der Waals surface area contributed by atoms with E-state index in [0.29, 0.717) is 5.82 Å². The third kappa shape index (κ3) is 3.01. The second-order valence-electron chi connectivity index (χ2n) is 4.57. The molecule has 0 radical (unpaired) electrons. The Morgan fingerprint density at radius 2 is 2.00 bits per heavy atom. The van der Waals surface area contributed by atoms with Gasteiger partial charge in [-0.3, -0.25) is 0 Å². The number of anilines is 1. The number of hydrogen-bond acceptors (Lipinski definition) is 3. The number of aryl methyl sites for hydroxylation is 1. The van der Waals surface area contributed by atoms with Gasteiger partial charge >= 0.3 is 0 Å². The van der Waals surface area contributed by atoms with Crippen molar-refractivity contribution in [2.24, 2.45) is 5.41 Å². The Bertz CT molecular complexity index is 300. The minimum atomic E-state index is 0.229. The van der Waals surface area contributed by atoms with Crippen LogP contribution in [-0.4, -0.2) is 9.97 Å². The van der Waals surface area contributed by atoms with E-state index in [1.54, 1.807) is 0 Å². The first-order valence-corrected chi connectivity index (χ1v) is 4.46. The number of nitrogens with zero attached hydrogens (tertiary/aromatic N) is 2. The van der Waals surface area contributed by atoms with Gasteiger partial charge in [0.1, 0.15) is 11.6 Å². The van der Waals surface area contributed by atoms with Crippen LogP contribution in [0, 0.1) is 12.3 Å². The average Bonchev–Trinajstić information content (AvgIpc) is 1.93. The molecule has 72 valence electrons. The minimum Gasteiger partial charge on any atom is -0.383 e. The Morgan fingerprint density at radius 3 is 2.46 bits per heavy atom. The molecule has 0 saturated heterocycles. The second-order valence-corrected chi connectivity index (χ2v) is 4.57. The van der Waals surface area contributed by atoms with E-state index in [0.717, 1.165) is 17.8 Å². The molecule has 3 heteroatoms. The van der Waals surface area contributed by atoms with E-state index in [-0.39, 0.29) is 5.41 Å². The molecule has 3 nitrogen and oxygen atoms in total. The fourth-order valence-electron chi connectivity index (χ4n) is 1.22. The van der Waals surface area contributed by atoms with E-state index >= 15 is 0 Å². The number of nitrogen functional groups attached to an aromatic ring is 1. The van der Waals surface area contributed by atoms with Gasteiger partial charge in [0.05, 0.1) is 0 Å². The van der Waals surface area contributed by atoms with Crippen LogP contribution in [0.25, 0.3) is 0 Å². The first-order valence-electron chi connectivity index (χ1n) is 4.46. The molecule has 0 saturated carbocycles. The predicted molar refractivity (Wildman–Crippen MR) is 54.3 cm³/mol. The SMILES string of the molecule is Cc1ncc(CC(C)(C)C)c(N)n1. The van der Waals surface area contributed by atoms with Crippen LogP contribution >= 0.6 is 0 Å². The number of nitrogens with two attached hydrogens (primary N) is 1. The standard InChI is InChI=1S/C10H17N3/c1-7-12-6-8(9(11)13-7)5-10(2,3)4/h6H,5H2,1-4H3,(H2,11,12,13). The fourth-order valence-corrected chi connectivity index (χ4v) is 1.22. The van der Waals surface area contributed by atoms with Gasteiger partial charge in [-0.05, 0) is 18.8 Å². The summed E-state index contributed by atoms with van der Waals surface area (Å²) in [5.74, 6) is 1.34. The second kappa shape index (κ2) is 3.32. The van der Waals surface area contributed by atoms with Crippen molar-refractivity contribution >= 4 is 5.82 Å². The summed E-state index contributed by atoms with van der Waals surface area (Å²) in [6.45, 7) is 8.36. The molecule has 1 heterocycles. The van der Waals surface area contributed by atoms with Crippen molar-refractivity contribution in [2.45, 2.75) is 34.1 Å². The molecule has 0 atom stereocenters. The Labute approximate surface area is 79.4 Å². The lowest BCUT2D eigenvalue weighted by molar-refractivity contribution is 0.410. The van der Waals surface area contributed by atoms with Crippen molar-refractivity contribution in [1.82, 2.24) is 9.97 Å². The highest BCUT2D eigenvalue weighted by molar-refractivity contribution is 5.37. The zero-order valence-corrected chi connectivity index (χ0v) is 8.76. The lowest BCUT2D eigenvalue weighted by Crippen LogP contribution is -2.12. The zero-order chi connectivity index (χ0) is 10.1. The molecule has 0 spiro atoms. The monoisotopic (exact) mass is 179 g/mol. The zero-order valence-electron chi connectivity index (χ0n) is 8.76. The van der Waals surface area contributed by atoms with Crippen LogP contribution in [0.15, 0.2) is 6.20 Å². The minimum absolute atomic E-state index is 0.229. The van der Waals surface area contributed by atoms with Crippen LogP contribution in [-0.2, 0) is 6.42 Å². The summed E-state index contributed by atoms with van der Waals surface area (Å²) >= 11 is 0. The van der Waals surface area contributed by atoms with Crippen molar-refractivity contribution in [3.63, 3.8) is 0 Å². The molecule has 1 aromatic heterocycles. The van der Waals surface area contributed by atoms with E-state index in [4.69, 9.17) is 5.73 Å². The molecular formula is C10H17N3. The molecule has 13 heavy (non-hydrogen) atoms. The molecule has 2 N–H and O–H groups in total.